The van der Waals surface area contributed by atoms with Gasteiger partial charge >= 0.3 is 29.6 Å². The van der Waals surface area contributed by atoms with Crippen molar-refractivity contribution in [3.8, 4) is 0 Å². The predicted octanol–water partition coefficient (Wildman–Crippen LogP) is -0.996. The van der Waals surface area contributed by atoms with Crippen LogP contribution >= 0.6 is 0 Å². The van der Waals surface area contributed by atoms with Crippen molar-refractivity contribution < 1.29 is 38.3 Å². The molecule has 0 aromatic carbocycles. The summed E-state index contributed by atoms with van der Waals surface area (Å²) in [6.07, 6.45) is 5.50. The molecule has 0 aromatic heterocycles. The molecule has 0 aromatic rings. The van der Waals surface area contributed by atoms with Crippen LogP contribution in [-0.2, 0) is 11.1 Å². The van der Waals surface area contributed by atoms with Crippen molar-refractivity contribution >= 4 is 11.1 Å². The Hall–Kier alpha value is 0.850. The van der Waals surface area contributed by atoms with E-state index < -0.39 is 11.1 Å². The van der Waals surface area contributed by atoms with Gasteiger partial charge in [0.1, 0.15) is 0 Å². The minimum Gasteiger partial charge on any atom is -0.772 e. The van der Waals surface area contributed by atoms with Crippen molar-refractivity contribution in [2.24, 2.45) is 5.41 Å². The molecule has 1 unspecified atom stereocenters. The standard InChI is InChI=1S/C9H16O2S.Na/c1-3-6-9(2)7-4-5-8(9)12(10)11;/h3,8H,1,4-7H2,2H3,(H,10,11);/q;+1/p-1/t8-,9+;/m0./s1. The van der Waals surface area contributed by atoms with Gasteiger partial charge in [0.2, 0.25) is 0 Å². The van der Waals surface area contributed by atoms with Gasteiger partial charge < -0.3 is 4.55 Å². The van der Waals surface area contributed by atoms with Gasteiger partial charge in [0.05, 0.1) is 0 Å². The Balaban J connectivity index is 0.00000144. The van der Waals surface area contributed by atoms with Gasteiger partial charge in [0.25, 0.3) is 0 Å². The minimum atomic E-state index is -1.91. The van der Waals surface area contributed by atoms with Crippen LogP contribution in [0.2, 0.25) is 0 Å². The topological polar surface area (TPSA) is 40.1 Å². The number of rotatable bonds is 3. The molecule has 0 aliphatic heterocycles. The third-order valence-corrected chi connectivity index (χ3v) is 4.10. The van der Waals surface area contributed by atoms with E-state index in [-0.39, 0.29) is 40.2 Å². The van der Waals surface area contributed by atoms with Crippen LogP contribution in [0, 0.1) is 5.41 Å². The molecular weight excluding hydrogens is 195 g/mol. The molecule has 0 saturated heterocycles. The van der Waals surface area contributed by atoms with Crippen LogP contribution in [0.25, 0.3) is 0 Å². The normalized spacial score (nSPS) is 35.1. The van der Waals surface area contributed by atoms with Crippen molar-refractivity contribution in [2.75, 3.05) is 0 Å². The molecule has 4 heteroatoms. The molecule has 2 nitrogen and oxygen atoms in total. The Morgan fingerprint density at radius 1 is 1.77 bits per heavy atom. The Morgan fingerprint density at radius 2 is 2.38 bits per heavy atom. The smallest absolute Gasteiger partial charge is 0.772 e. The molecule has 1 aliphatic carbocycles. The van der Waals surface area contributed by atoms with E-state index in [2.05, 4.69) is 6.58 Å². The van der Waals surface area contributed by atoms with E-state index in [1.807, 2.05) is 13.0 Å². The molecule has 13 heavy (non-hydrogen) atoms. The fourth-order valence-corrected chi connectivity index (χ4v) is 3.13. The van der Waals surface area contributed by atoms with E-state index in [0.717, 1.165) is 25.7 Å². The van der Waals surface area contributed by atoms with Crippen molar-refractivity contribution in [2.45, 2.75) is 37.9 Å². The molecule has 0 heterocycles. The maximum atomic E-state index is 10.9. The molecule has 0 radical (unpaired) electrons. The molecule has 0 bridgehead atoms. The molecular formula is C9H15NaO2S. The third kappa shape index (κ3) is 3.17. The maximum absolute atomic E-state index is 10.9. The summed E-state index contributed by atoms with van der Waals surface area (Å²) in [6.45, 7) is 5.71. The van der Waals surface area contributed by atoms with E-state index in [1.54, 1.807) is 0 Å². The van der Waals surface area contributed by atoms with Gasteiger partial charge in [-0.05, 0) is 24.7 Å². The van der Waals surface area contributed by atoms with E-state index in [0.29, 0.717) is 0 Å². The Kier molecular flexibility index (Phi) is 6.03. The summed E-state index contributed by atoms with van der Waals surface area (Å²) in [5.74, 6) is 0. The Bertz CT molecular complexity index is 208. The van der Waals surface area contributed by atoms with Gasteiger partial charge in [-0.2, -0.15) is 0 Å². The molecule has 0 spiro atoms. The summed E-state index contributed by atoms with van der Waals surface area (Å²) in [5.41, 5.74) is -0.0473. The van der Waals surface area contributed by atoms with Crippen LogP contribution in [-0.4, -0.2) is 14.0 Å². The Labute approximate surface area is 105 Å². The zero-order valence-corrected chi connectivity index (χ0v) is 11.2. The van der Waals surface area contributed by atoms with E-state index >= 15 is 0 Å². The van der Waals surface area contributed by atoms with Crippen LogP contribution < -0.4 is 29.6 Å². The van der Waals surface area contributed by atoms with Gasteiger partial charge in [0.15, 0.2) is 0 Å². The SMILES string of the molecule is C=CC[C@]1(C)CCC[C@@H]1S(=O)[O-].[Na+]. The zero-order valence-electron chi connectivity index (χ0n) is 8.41. The molecule has 0 amide bonds. The average Bonchev–Trinajstić information content (AvgIpc) is 2.32. The number of allylic oxidation sites excluding steroid dienone is 1. The van der Waals surface area contributed by atoms with Crippen LogP contribution in [0.1, 0.15) is 32.6 Å². The quantitative estimate of drug-likeness (QED) is 0.341. The number of hydrogen-bond donors (Lipinski definition) is 0. The summed E-state index contributed by atoms with van der Waals surface area (Å²) in [6, 6.07) is 0. The van der Waals surface area contributed by atoms with Gasteiger partial charge in [-0.3, -0.25) is 4.21 Å². The largest absolute Gasteiger partial charge is 1.00 e. The summed E-state index contributed by atoms with van der Waals surface area (Å²) in [7, 11) is 0. The first-order valence-corrected chi connectivity index (χ1v) is 5.43. The predicted molar refractivity (Wildman–Crippen MR) is 49.5 cm³/mol. The van der Waals surface area contributed by atoms with E-state index in [1.165, 1.54) is 0 Å². The van der Waals surface area contributed by atoms with Gasteiger partial charge in [-0.15, -0.1) is 6.58 Å². The van der Waals surface area contributed by atoms with Gasteiger partial charge in [0, 0.05) is 5.25 Å². The average molecular weight is 210 g/mol. The van der Waals surface area contributed by atoms with Crippen LogP contribution in [0.3, 0.4) is 0 Å². The minimum absolute atomic E-state index is 0. The summed E-state index contributed by atoms with van der Waals surface area (Å²) < 4.78 is 21.7. The summed E-state index contributed by atoms with van der Waals surface area (Å²) in [4.78, 5) is 0. The summed E-state index contributed by atoms with van der Waals surface area (Å²) >= 11 is -1.91. The number of hydrogen-bond acceptors (Lipinski definition) is 2. The van der Waals surface area contributed by atoms with Crippen LogP contribution in [0.5, 0.6) is 0 Å². The van der Waals surface area contributed by atoms with Crippen molar-refractivity contribution in [3.05, 3.63) is 12.7 Å². The third-order valence-electron chi connectivity index (χ3n) is 2.83. The van der Waals surface area contributed by atoms with Gasteiger partial charge in [-0.1, -0.05) is 30.5 Å². The monoisotopic (exact) mass is 210 g/mol. The second kappa shape index (κ2) is 5.66. The van der Waals surface area contributed by atoms with E-state index in [9.17, 15) is 8.76 Å². The molecule has 1 aliphatic rings. The first-order chi connectivity index (χ1) is 5.60. The van der Waals surface area contributed by atoms with E-state index in [4.69, 9.17) is 0 Å². The maximum Gasteiger partial charge on any atom is 1.00 e. The first-order valence-electron chi connectivity index (χ1n) is 4.29. The van der Waals surface area contributed by atoms with Crippen LogP contribution in [0.4, 0.5) is 0 Å². The first kappa shape index (κ1) is 13.8. The fraction of sp³-hybridized carbons (Fsp3) is 0.778. The molecule has 70 valence electrons. The second-order valence-electron chi connectivity index (χ2n) is 3.79. The Morgan fingerprint density at radius 3 is 2.85 bits per heavy atom. The van der Waals surface area contributed by atoms with Gasteiger partial charge in [-0.25, -0.2) is 0 Å². The summed E-state index contributed by atoms with van der Waals surface area (Å²) in [5, 5.41) is -0.157. The van der Waals surface area contributed by atoms with Crippen molar-refractivity contribution in [1.29, 1.82) is 0 Å². The van der Waals surface area contributed by atoms with Crippen molar-refractivity contribution in [3.63, 3.8) is 0 Å². The molecule has 1 rings (SSSR count). The fourth-order valence-electron chi connectivity index (χ4n) is 2.09. The molecule has 1 fully saturated rings. The van der Waals surface area contributed by atoms with Crippen LogP contribution in [0.15, 0.2) is 12.7 Å². The molecule has 1 saturated carbocycles. The second-order valence-corrected chi connectivity index (χ2v) is 4.88. The molecule has 3 atom stereocenters. The molecule has 0 N–H and O–H groups in total. The zero-order chi connectivity index (χ0) is 9.19. The van der Waals surface area contributed by atoms with Crippen molar-refractivity contribution in [1.82, 2.24) is 0 Å².